The lowest BCUT2D eigenvalue weighted by Gasteiger charge is -2.12. The monoisotopic (exact) mass is 228 g/mol. The Morgan fingerprint density at radius 3 is 2.71 bits per heavy atom. The van der Waals surface area contributed by atoms with E-state index >= 15 is 0 Å². The molecule has 4 nitrogen and oxygen atoms in total. The lowest BCUT2D eigenvalue weighted by molar-refractivity contribution is 0.112. The van der Waals surface area contributed by atoms with Crippen molar-refractivity contribution < 1.29 is 9.53 Å². The number of ether oxygens (including phenoxy) is 1. The van der Waals surface area contributed by atoms with Gasteiger partial charge in [-0.25, -0.2) is 0 Å². The minimum absolute atomic E-state index is 0.631. The van der Waals surface area contributed by atoms with Crippen LogP contribution in [0.3, 0.4) is 0 Å². The largest absolute Gasteiger partial charge is 0.496 e. The highest BCUT2D eigenvalue weighted by atomic mass is 16.5. The van der Waals surface area contributed by atoms with Crippen molar-refractivity contribution in [3.63, 3.8) is 0 Å². The molecule has 0 saturated heterocycles. The second kappa shape index (κ2) is 4.74. The van der Waals surface area contributed by atoms with Crippen molar-refractivity contribution in [2.45, 2.75) is 6.92 Å². The Labute approximate surface area is 99.3 Å². The van der Waals surface area contributed by atoms with Crippen molar-refractivity contribution in [2.75, 3.05) is 7.11 Å². The number of benzene rings is 1. The first-order chi connectivity index (χ1) is 8.27. The van der Waals surface area contributed by atoms with Crippen LogP contribution in [0.5, 0.6) is 5.75 Å². The zero-order valence-corrected chi connectivity index (χ0v) is 9.68. The highest BCUT2D eigenvalue weighted by Crippen LogP contribution is 2.32. The molecule has 0 aliphatic carbocycles. The van der Waals surface area contributed by atoms with Crippen molar-refractivity contribution >= 4 is 6.29 Å². The molecule has 0 bridgehead atoms. The maximum atomic E-state index is 10.9. The molecule has 0 radical (unpaired) electrons. The average molecular weight is 228 g/mol. The Morgan fingerprint density at radius 2 is 2.12 bits per heavy atom. The van der Waals surface area contributed by atoms with E-state index in [9.17, 15) is 4.79 Å². The summed E-state index contributed by atoms with van der Waals surface area (Å²) in [6.45, 7) is 1.87. The molecule has 1 aromatic carbocycles. The fourth-order valence-electron chi connectivity index (χ4n) is 1.75. The molecule has 0 atom stereocenters. The molecule has 0 N–H and O–H groups in total. The number of hydrogen-bond acceptors (Lipinski definition) is 4. The molecule has 0 amide bonds. The van der Waals surface area contributed by atoms with Crippen LogP contribution in [0.4, 0.5) is 0 Å². The van der Waals surface area contributed by atoms with E-state index < -0.39 is 0 Å². The predicted molar refractivity (Wildman–Crippen MR) is 64.1 cm³/mol. The third-order valence-corrected chi connectivity index (χ3v) is 2.64. The molecule has 86 valence electrons. The van der Waals surface area contributed by atoms with E-state index in [1.807, 2.05) is 13.0 Å². The summed E-state index contributed by atoms with van der Waals surface area (Å²) in [6.07, 6.45) is 2.43. The first kappa shape index (κ1) is 11.3. The Bertz CT molecular complexity index is 539. The summed E-state index contributed by atoms with van der Waals surface area (Å²) >= 11 is 0. The standard InChI is InChI=1S/C13H12N2O2/c1-9-10(8-16)5-6-12(17-2)13(9)11-4-3-7-14-15-11/h3-8H,1-2H3. The second-order valence-corrected chi connectivity index (χ2v) is 3.58. The van der Waals surface area contributed by atoms with Gasteiger partial charge < -0.3 is 4.74 Å². The van der Waals surface area contributed by atoms with Crippen LogP contribution in [-0.4, -0.2) is 23.6 Å². The summed E-state index contributed by atoms with van der Waals surface area (Å²) in [7, 11) is 1.59. The van der Waals surface area contributed by atoms with Gasteiger partial charge in [0.2, 0.25) is 0 Å². The lowest BCUT2D eigenvalue weighted by atomic mass is 9.99. The van der Waals surface area contributed by atoms with Crippen LogP contribution in [-0.2, 0) is 0 Å². The normalized spacial score (nSPS) is 10.0. The van der Waals surface area contributed by atoms with Crippen LogP contribution < -0.4 is 4.74 Å². The van der Waals surface area contributed by atoms with Crippen molar-refractivity contribution in [3.05, 3.63) is 41.6 Å². The average Bonchev–Trinajstić information content (AvgIpc) is 2.39. The Hall–Kier alpha value is -2.23. The molecular formula is C13H12N2O2. The summed E-state index contributed by atoms with van der Waals surface area (Å²) < 4.78 is 5.30. The molecule has 0 aliphatic rings. The van der Waals surface area contributed by atoms with Gasteiger partial charge in [-0.15, -0.1) is 0 Å². The van der Waals surface area contributed by atoms with E-state index in [0.717, 1.165) is 17.4 Å². The molecule has 0 spiro atoms. The number of carbonyl (C=O) groups is 1. The molecule has 2 aromatic rings. The first-order valence-electron chi connectivity index (χ1n) is 5.18. The van der Waals surface area contributed by atoms with Gasteiger partial charge in [0.25, 0.3) is 0 Å². The Kier molecular flexibility index (Phi) is 3.14. The predicted octanol–water partition coefficient (Wildman–Crippen LogP) is 2.27. The summed E-state index contributed by atoms with van der Waals surface area (Å²) in [5.74, 6) is 0.689. The Morgan fingerprint density at radius 1 is 1.29 bits per heavy atom. The third kappa shape index (κ3) is 2.01. The maximum Gasteiger partial charge on any atom is 0.150 e. The van der Waals surface area contributed by atoms with Crippen molar-refractivity contribution in [2.24, 2.45) is 0 Å². The second-order valence-electron chi connectivity index (χ2n) is 3.58. The van der Waals surface area contributed by atoms with Gasteiger partial charge in [0.1, 0.15) is 12.0 Å². The highest BCUT2D eigenvalue weighted by molar-refractivity contribution is 5.84. The molecule has 0 saturated carbocycles. The minimum Gasteiger partial charge on any atom is -0.496 e. The van der Waals surface area contributed by atoms with Gasteiger partial charge in [-0.2, -0.15) is 10.2 Å². The summed E-state index contributed by atoms with van der Waals surface area (Å²) in [5, 5.41) is 7.89. The van der Waals surface area contributed by atoms with E-state index in [4.69, 9.17) is 4.74 Å². The molecule has 1 aromatic heterocycles. The number of nitrogens with zero attached hydrogens (tertiary/aromatic N) is 2. The number of rotatable bonds is 3. The van der Waals surface area contributed by atoms with Crippen molar-refractivity contribution in [1.29, 1.82) is 0 Å². The molecule has 0 aliphatic heterocycles. The van der Waals surface area contributed by atoms with Crippen LogP contribution in [0.1, 0.15) is 15.9 Å². The number of hydrogen-bond donors (Lipinski definition) is 0. The highest BCUT2D eigenvalue weighted by Gasteiger charge is 2.13. The van der Waals surface area contributed by atoms with Gasteiger partial charge in [-0.1, -0.05) is 0 Å². The van der Waals surface area contributed by atoms with E-state index in [2.05, 4.69) is 10.2 Å². The fourth-order valence-corrected chi connectivity index (χ4v) is 1.75. The van der Waals surface area contributed by atoms with Crippen LogP contribution in [0.25, 0.3) is 11.3 Å². The van der Waals surface area contributed by atoms with Crippen molar-refractivity contribution in [3.8, 4) is 17.0 Å². The van der Waals surface area contributed by atoms with E-state index in [0.29, 0.717) is 17.0 Å². The van der Waals surface area contributed by atoms with Gasteiger partial charge >= 0.3 is 0 Å². The molecule has 1 heterocycles. The first-order valence-corrected chi connectivity index (χ1v) is 5.18. The lowest BCUT2D eigenvalue weighted by Crippen LogP contribution is -1.97. The molecule has 2 rings (SSSR count). The van der Waals surface area contributed by atoms with Crippen molar-refractivity contribution in [1.82, 2.24) is 10.2 Å². The smallest absolute Gasteiger partial charge is 0.150 e. The number of methoxy groups -OCH3 is 1. The maximum absolute atomic E-state index is 10.9. The number of carbonyl (C=O) groups excluding carboxylic acids is 1. The Balaban J connectivity index is 2.70. The molecule has 4 heteroatoms. The zero-order chi connectivity index (χ0) is 12.3. The molecule has 0 fully saturated rings. The summed E-state index contributed by atoms with van der Waals surface area (Å²) in [6, 6.07) is 7.14. The summed E-state index contributed by atoms with van der Waals surface area (Å²) in [4.78, 5) is 10.9. The zero-order valence-electron chi connectivity index (χ0n) is 9.68. The SMILES string of the molecule is COc1ccc(C=O)c(C)c1-c1cccnn1. The van der Waals surface area contributed by atoms with E-state index in [1.165, 1.54) is 0 Å². The van der Waals surface area contributed by atoms with Gasteiger partial charge in [-0.3, -0.25) is 4.79 Å². The third-order valence-electron chi connectivity index (χ3n) is 2.64. The summed E-state index contributed by atoms with van der Waals surface area (Å²) in [5.41, 5.74) is 2.99. The van der Waals surface area contributed by atoms with Crippen LogP contribution in [0.2, 0.25) is 0 Å². The van der Waals surface area contributed by atoms with Gasteiger partial charge in [-0.05, 0) is 36.8 Å². The van der Waals surface area contributed by atoms with Gasteiger partial charge in [0.05, 0.1) is 12.8 Å². The number of aromatic nitrogens is 2. The number of aldehydes is 1. The topological polar surface area (TPSA) is 52.1 Å². The van der Waals surface area contributed by atoms with Crippen LogP contribution >= 0.6 is 0 Å². The quantitative estimate of drug-likeness (QED) is 0.756. The van der Waals surface area contributed by atoms with Gasteiger partial charge in [0.15, 0.2) is 0 Å². The van der Waals surface area contributed by atoms with E-state index in [-0.39, 0.29) is 0 Å². The van der Waals surface area contributed by atoms with Crippen LogP contribution in [0, 0.1) is 6.92 Å². The molecule has 17 heavy (non-hydrogen) atoms. The molecule has 0 unspecified atom stereocenters. The fraction of sp³-hybridized carbons (Fsp3) is 0.154. The minimum atomic E-state index is 0.631. The van der Waals surface area contributed by atoms with Crippen LogP contribution in [0.15, 0.2) is 30.5 Å². The van der Waals surface area contributed by atoms with E-state index in [1.54, 1.807) is 31.5 Å². The molecular weight excluding hydrogens is 216 g/mol. The van der Waals surface area contributed by atoms with Gasteiger partial charge in [0, 0.05) is 17.3 Å².